The molecule has 1 aromatic carbocycles. The molecule has 1 aromatic heterocycles. The topological polar surface area (TPSA) is 102 Å². The van der Waals surface area contributed by atoms with Crippen molar-refractivity contribution in [2.45, 2.75) is 18.9 Å². The number of benzene rings is 1. The van der Waals surface area contributed by atoms with Gasteiger partial charge in [-0.05, 0) is 40.8 Å². The minimum absolute atomic E-state index is 0.0696. The van der Waals surface area contributed by atoms with Gasteiger partial charge in [0.05, 0.1) is 10.6 Å². The lowest BCUT2D eigenvalue weighted by molar-refractivity contribution is -0.383. The smallest absolute Gasteiger partial charge is 0.300 e. The molecule has 1 aliphatic heterocycles. The third kappa shape index (κ3) is 1.88. The second-order valence-electron chi connectivity index (χ2n) is 4.48. The molecule has 8 nitrogen and oxygen atoms in total. The number of nitrogens with zero attached hydrogens (tertiary/aromatic N) is 4. The minimum Gasteiger partial charge on any atom is -0.358 e. The number of rotatable bonds is 3. The molecule has 0 radical (unpaired) electrons. The third-order valence-electron chi connectivity index (χ3n) is 3.39. The number of anilines is 1. The van der Waals surface area contributed by atoms with E-state index < -0.39 is 16.2 Å². The Hall–Kier alpha value is -2.22. The molecule has 20 heavy (non-hydrogen) atoms. The summed E-state index contributed by atoms with van der Waals surface area (Å²) in [5.74, 6) is 0. The number of hydrogen-bond donors (Lipinski definition) is 0. The van der Waals surface area contributed by atoms with E-state index in [9.17, 15) is 14.9 Å². The lowest BCUT2D eigenvalue weighted by atomic mass is 10.2. The first-order valence-corrected chi connectivity index (χ1v) is 6.33. The largest absolute Gasteiger partial charge is 0.358 e. The summed E-state index contributed by atoms with van der Waals surface area (Å²) in [6.07, 6.45) is 1.46. The van der Waals surface area contributed by atoms with Gasteiger partial charge in [-0.1, -0.05) is 0 Å². The summed E-state index contributed by atoms with van der Waals surface area (Å²) in [5.41, 5.74) is 0.727. The van der Waals surface area contributed by atoms with Crippen LogP contribution in [0.4, 0.5) is 11.4 Å². The maximum Gasteiger partial charge on any atom is 0.300 e. The Morgan fingerprint density at radius 2 is 2.20 bits per heavy atom. The molecule has 1 fully saturated rings. The Bertz CT molecular complexity index is 701. The second kappa shape index (κ2) is 4.71. The van der Waals surface area contributed by atoms with Gasteiger partial charge in [0.2, 0.25) is 10.8 Å². The average Bonchev–Trinajstić information content (AvgIpc) is 3.06. The molecule has 1 atom stereocenters. The van der Waals surface area contributed by atoms with E-state index in [2.05, 4.69) is 14.9 Å². The van der Waals surface area contributed by atoms with Gasteiger partial charge in [-0.3, -0.25) is 14.9 Å². The fourth-order valence-corrected chi connectivity index (χ4v) is 2.74. The van der Waals surface area contributed by atoms with Crippen molar-refractivity contribution < 1.29 is 14.3 Å². The Morgan fingerprint density at radius 1 is 1.45 bits per heavy atom. The van der Waals surface area contributed by atoms with Crippen LogP contribution in [0.5, 0.6) is 0 Å². The highest BCUT2D eigenvalue weighted by molar-refractivity contribution is 6.65. The fourth-order valence-electron chi connectivity index (χ4n) is 2.51. The zero-order valence-electron chi connectivity index (χ0n) is 10.2. The summed E-state index contributed by atoms with van der Waals surface area (Å²) >= 11 is 5.59. The molecule has 1 aliphatic rings. The van der Waals surface area contributed by atoms with E-state index in [-0.39, 0.29) is 16.7 Å². The van der Waals surface area contributed by atoms with Gasteiger partial charge in [0.25, 0.3) is 0 Å². The van der Waals surface area contributed by atoms with Crippen molar-refractivity contribution in [3.8, 4) is 0 Å². The van der Waals surface area contributed by atoms with Crippen LogP contribution in [0.3, 0.4) is 0 Å². The van der Waals surface area contributed by atoms with Gasteiger partial charge < -0.3 is 4.90 Å². The molecule has 2 heterocycles. The Morgan fingerprint density at radius 3 is 2.90 bits per heavy atom. The third-order valence-corrected chi connectivity index (χ3v) is 3.65. The van der Waals surface area contributed by atoms with Crippen molar-refractivity contribution in [1.29, 1.82) is 0 Å². The van der Waals surface area contributed by atoms with Crippen LogP contribution in [0.15, 0.2) is 16.8 Å². The summed E-state index contributed by atoms with van der Waals surface area (Å²) < 4.78 is 4.60. The molecule has 9 heteroatoms. The van der Waals surface area contributed by atoms with Crippen molar-refractivity contribution >= 4 is 39.3 Å². The van der Waals surface area contributed by atoms with Gasteiger partial charge in [0, 0.05) is 12.6 Å². The molecule has 0 amide bonds. The number of nitro groups is 1. The van der Waals surface area contributed by atoms with Gasteiger partial charge >= 0.3 is 5.69 Å². The van der Waals surface area contributed by atoms with Crippen LogP contribution in [0.2, 0.25) is 0 Å². The van der Waals surface area contributed by atoms with Crippen molar-refractivity contribution in [3.63, 3.8) is 0 Å². The van der Waals surface area contributed by atoms with E-state index in [0.717, 1.165) is 6.42 Å². The van der Waals surface area contributed by atoms with Crippen LogP contribution < -0.4 is 4.90 Å². The van der Waals surface area contributed by atoms with Gasteiger partial charge in [0.1, 0.15) is 6.04 Å². The highest BCUT2D eigenvalue weighted by Gasteiger charge is 2.32. The first-order chi connectivity index (χ1) is 9.59. The van der Waals surface area contributed by atoms with E-state index in [4.69, 9.17) is 11.6 Å². The van der Waals surface area contributed by atoms with Gasteiger partial charge in [0.15, 0.2) is 5.52 Å². The normalized spacial score (nSPS) is 18.6. The number of fused-ring (bicyclic) bond motifs is 1. The highest BCUT2D eigenvalue weighted by atomic mass is 35.5. The molecule has 0 aliphatic carbocycles. The van der Waals surface area contributed by atoms with Crippen molar-refractivity contribution in [3.05, 3.63) is 22.2 Å². The average molecular weight is 297 g/mol. The fraction of sp³-hybridized carbons (Fsp3) is 0.364. The molecule has 0 saturated carbocycles. The van der Waals surface area contributed by atoms with E-state index in [0.29, 0.717) is 18.7 Å². The first kappa shape index (κ1) is 12.8. The number of carbonyl (C=O) groups is 1. The molecular weight excluding hydrogens is 288 g/mol. The van der Waals surface area contributed by atoms with Crippen molar-refractivity contribution in [1.82, 2.24) is 10.3 Å². The van der Waals surface area contributed by atoms with Gasteiger partial charge in [-0.2, -0.15) is 0 Å². The molecule has 0 bridgehead atoms. The van der Waals surface area contributed by atoms with E-state index in [1.165, 1.54) is 6.07 Å². The highest BCUT2D eigenvalue weighted by Crippen LogP contribution is 2.35. The van der Waals surface area contributed by atoms with E-state index in [1.807, 2.05) is 0 Å². The lowest BCUT2D eigenvalue weighted by Crippen LogP contribution is -2.33. The van der Waals surface area contributed by atoms with Crippen molar-refractivity contribution in [2.24, 2.45) is 0 Å². The number of carbonyl (C=O) groups excluding carboxylic acids is 1. The Labute approximate surface area is 117 Å². The first-order valence-electron chi connectivity index (χ1n) is 5.95. The Balaban J connectivity index is 2.13. The van der Waals surface area contributed by atoms with Crippen LogP contribution in [0.25, 0.3) is 11.0 Å². The zero-order valence-corrected chi connectivity index (χ0v) is 10.9. The summed E-state index contributed by atoms with van der Waals surface area (Å²) in [6, 6.07) is 2.43. The van der Waals surface area contributed by atoms with Crippen LogP contribution in [0, 0.1) is 10.1 Å². The quantitative estimate of drug-likeness (QED) is 0.484. The maximum absolute atomic E-state index is 11.4. The molecule has 0 spiro atoms. The van der Waals surface area contributed by atoms with E-state index >= 15 is 0 Å². The molecule has 3 rings (SSSR count). The monoisotopic (exact) mass is 296 g/mol. The summed E-state index contributed by atoms with van der Waals surface area (Å²) in [4.78, 5) is 23.6. The molecule has 1 saturated heterocycles. The molecule has 0 unspecified atom stereocenters. The SMILES string of the molecule is O=C(Cl)[C@H]1CCCN1c1ccc([N+](=O)[O-])c2nonc12. The summed E-state index contributed by atoms with van der Waals surface area (Å²) in [5, 5.41) is 17.8. The molecular formula is C11H9ClN4O4. The number of halogens is 1. The van der Waals surface area contributed by atoms with Crippen molar-refractivity contribution in [2.75, 3.05) is 11.4 Å². The summed E-state index contributed by atoms with van der Waals surface area (Å²) in [7, 11) is 0. The number of non-ortho nitro benzene ring substituents is 1. The second-order valence-corrected chi connectivity index (χ2v) is 4.85. The lowest BCUT2D eigenvalue weighted by Gasteiger charge is -2.23. The summed E-state index contributed by atoms with van der Waals surface area (Å²) in [6.45, 7) is 0.628. The van der Waals surface area contributed by atoms with Crippen LogP contribution >= 0.6 is 11.6 Å². The Kier molecular flexibility index (Phi) is 3.01. The standard InChI is InChI=1S/C11H9ClN4O4/c12-11(17)8-2-1-5-15(8)6-3-4-7(16(18)19)10-9(6)13-20-14-10/h3-4,8H,1-2,5H2/t8-/m1/s1. The molecule has 104 valence electrons. The minimum atomic E-state index is -0.551. The molecule has 2 aromatic rings. The van der Waals surface area contributed by atoms with Crippen LogP contribution in [-0.4, -0.2) is 33.1 Å². The van der Waals surface area contributed by atoms with Gasteiger partial charge in [-0.25, -0.2) is 4.63 Å². The van der Waals surface area contributed by atoms with Crippen LogP contribution in [0.1, 0.15) is 12.8 Å². The number of hydrogen-bond acceptors (Lipinski definition) is 7. The van der Waals surface area contributed by atoms with E-state index in [1.54, 1.807) is 11.0 Å². The van der Waals surface area contributed by atoms with Gasteiger partial charge in [-0.15, -0.1) is 0 Å². The predicted molar refractivity (Wildman–Crippen MR) is 69.7 cm³/mol. The zero-order chi connectivity index (χ0) is 14.3. The maximum atomic E-state index is 11.4. The van der Waals surface area contributed by atoms with Crippen LogP contribution in [-0.2, 0) is 4.79 Å². The number of aromatic nitrogens is 2. The predicted octanol–water partition coefficient (Wildman–Crippen LogP) is 1.87. The number of nitro benzene ring substituents is 1. The molecule has 0 N–H and O–H groups in total.